The molecule has 0 aromatic heterocycles. The van der Waals surface area contributed by atoms with E-state index in [4.69, 9.17) is 0 Å². The SMILES string of the molecule is CCCCC.CCCCNc1ccccc1.CCCCNc1ccccc1. The molecule has 0 saturated heterocycles. The molecule has 2 nitrogen and oxygen atoms in total. The van der Waals surface area contributed by atoms with Gasteiger partial charge in [-0.05, 0) is 37.1 Å². The lowest BCUT2D eigenvalue weighted by molar-refractivity contribution is 0.772. The molecule has 0 saturated carbocycles. The quantitative estimate of drug-likeness (QED) is 0.414. The van der Waals surface area contributed by atoms with Crippen LogP contribution in [0.5, 0.6) is 0 Å². The van der Waals surface area contributed by atoms with E-state index >= 15 is 0 Å². The zero-order valence-electron chi connectivity index (χ0n) is 18.1. The van der Waals surface area contributed by atoms with Gasteiger partial charge in [0.25, 0.3) is 0 Å². The Bertz CT molecular complexity index is 449. The van der Waals surface area contributed by atoms with Crippen molar-refractivity contribution in [2.45, 2.75) is 72.6 Å². The minimum atomic E-state index is 1.08. The number of anilines is 2. The molecule has 0 atom stereocenters. The van der Waals surface area contributed by atoms with Gasteiger partial charge in [0.05, 0.1) is 0 Å². The summed E-state index contributed by atoms with van der Waals surface area (Å²) in [5.41, 5.74) is 2.45. The van der Waals surface area contributed by atoms with Crippen molar-refractivity contribution in [1.29, 1.82) is 0 Å². The van der Waals surface area contributed by atoms with E-state index in [2.05, 4.69) is 62.6 Å². The van der Waals surface area contributed by atoms with Gasteiger partial charge in [-0.3, -0.25) is 0 Å². The van der Waals surface area contributed by atoms with Crippen LogP contribution in [-0.2, 0) is 0 Å². The number of unbranched alkanes of at least 4 members (excludes halogenated alkanes) is 4. The van der Waals surface area contributed by atoms with Gasteiger partial charge in [-0.15, -0.1) is 0 Å². The Kier molecular flexibility index (Phi) is 18.9. The Morgan fingerprint density at radius 1 is 0.481 bits per heavy atom. The van der Waals surface area contributed by atoms with Crippen LogP contribution in [0.1, 0.15) is 72.6 Å². The summed E-state index contributed by atoms with van der Waals surface area (Å²) in [5, 5.41) is 6.69. The second-order valence-corrected chi connectivity index (χ2v) is 6.65. The van der Waals surface area contributed by atoms with E-state index in [1.165, 1.54) is 56.3 Å². The fourth-order valence-electron chi connectivity index (χ4n) is 2.28. The third kappa shape index (κ3) is 17.2. The Balaban J connectivity index is 0.000000405. The highest BCUT2D eigenvalue weighted by Crippen LogP contribution is 2.05. The zero-order valence-corrected chi connectivity index (χ0v) is 18.1. The molecule has 0 aliphatic heterocycles. The summed E-state index contributed by atoms with van der Waals surface area (Å²) in [4.78, 5) is 0. The van der Waals surface area contributed by atoms with Crippen LogP contribution in [0.15, 0.2) is 60.7 Å². The minimum Gasteiger partial charge on any atom is -0.385 e. The largest absolute Gasteiger partial charge is 0.385 e. The standard InChI is InChI=1S/2C10H15N.C5H12/c2*1-2-3-9-11-10-7-5-4-6-8-10;1-3-5-4-2/h2*4-8,11H,2-3,9H2,1H3;3-5H2,1-2H3. The number of rotatable bonds is 10. The zero-order chi connectivity index (χ0) is 20.0. The minimum absolute atomic E-state index is 1.08. The molecule has 0 unspecified atom stereocenters. The van der Waals surface area contributed by atoms with Gasteiger partial charge in [0.15, 0.2) is 0 Å². The first-order valence-corrected chi connectivity index (χ1v) is 10.9. The van der Waals surface area contributed by atoms with Gasteiger partial charge in [-0.25, -0.2) is 0 Å². The van der Waals surface area contributed by atoms with Gasteiger partial charge in [0.1, 0.15) is 0 Å². The van der Waals surface area contributed by atoms with E-state index in [9.17, 15) is 0 Å². The molecule has 0 heterocycles. The molecule has 0 amide bonds. The molecule has 0 aliphatic carbocycles. The Morgan fingerprint density at radius 2 is 0.815 bits per heavy atom. The van der Waals surface area contributed by atoms with E-state index < -0.39 is 0 Å². The number of para-hydroxylation sites is 2. The Hall–Kier alpha value is -1.96. The van der Waals surface area contributed by atoms with Crippen LogP contribution in [0, 0.1) is 0 Å². The molecule has 2 heteroatoms. The van der Waals surface area contributed by atoms with Crippen LogP contribution >= 0.6 is 0 Å². The highest BCUT2D eigenvalue weighted by atomic mass is 14.9. The van der Waals surface area contributed by atoms with Crippen molar-refractivity contribution in [3.63, 3.8) is 0 Å². The first-order chi connectivity index (χ1) is 13.3. The van der Waals surface area contributed by atoms with Crippen molar-refractivity contribution in [2.75, 3.05) is 23.7 Å². The normalized spacial score (nSPS) is 9.33. The third-order valence-corrected chi connectivity index (χ3v) is 3.97. The van der Waals surface area contributed by atoms with Gasteiger partial charge < -0.3 is 10.6 Å². The van der Waals surface area contributed by atoms with Crippen molar-refractivity contribution in [1.82, 2.24) is 0 Å². The molecule has 2 aromatic rings. The molecule has 0 fully saturated rings. The highest BCUT2D eigenvalue weighted by Gasteiger charge is 1.87. The van der Waals surface area contributed by atoms with Crippen molar-refractivity contribution < 1.29 is 0 Å². The van der Waals surface area contributed by atoms with Crippen LogP contribution in [-0.4, -0.2) is 13.1 Å². The predicted molar refractivity (Wildman–Crippen MR) is 125 cm³/mol. The van der Waals surface area contributed by atoms with Gasteiger partial charge in [0.2, 0.25) is 0 Å². The van der Waals surface area contributed by atoms with E-state index in [-0.39, 0.29) is 0 Å². The first kappa shape index (κ1) is 25.0. The van der Waals surface area contributed by atoms with Crippen LogP contribution < -0.4 is 10.6 Å². The number of hydrogen-bond acceptors (Lipinski definition) is 2. The average Bonchev–Trinajstić information content (AvgIpc) is 2.72. The summed E-state index contributed by atoms with van der Waals surface area (Å²) in [5.74, 6) is 0. The van der Waals surface area contributed by atoms with Gasteiger partial charge in [-0.1, -0.05) is 96.2 Å². The summed E-state index contributed by atoms with van der Waals surface area (Å²) < 4.78 is 0. The average molecular weight is 371 g/mol. The molecule has 152 valence electrons. The van der Waals surface area contributed by atoms with Crippen LogP contribution in [0.25, 0.3) is 0 Å². The molecule has 0 spiro atoms. The van der Waals surface area contributed by atoms with E-state index in [1.807, 2.05) is 36.4 Å². The Labute approximate surface area is 168 Å². The highest BCUT2D eigenvalue weighted by molar-refractivity contribution is 5.42. The lowest BCUT2D eigenvalue weighted by Gasteiger charge is -2.03. The predicted octanol–water partition coefficient (Wildman–Crippen LogP) is 7.99. The van der Waals surface area contributed by atoms with Crippen LogP contribution in [0.2, 0.25) is 0 Å². The van der Waals surface area contributed by atoms with Gasteiger partial charge in [0, 0.05) is 24.5 Å². The summed E-state index contributed by atoms with van der Waals surface area (Å²) in [6.45, 7) is 11.0. The number of nitrogens with one attached hydrogen (secondary N) is 2. The third-order valence-electron chi connectivity index (χ3n) is 3.97. The Morgan fingerprint density at radius 3 is 1.07 bits per heavy atom. The van der Waals surface area contributed by atoms with Crippen molar-refractivity contribution in [3.05, 3.63) is 60.7 Å². The lowest BCUT2D eigenvalue weighted by atomic mass is 10.3. The molecule has 2 rings (SSSR count). The molecule has 0 aliphatic rings. The topological polar surface area (TPSA) is 24.1 Å². The maximum absolute atomic E-state index is 3.35. The molecular formula is C25H42N2. The summed E-state index contributed by atoms with van der Waals surface area (Å²) in [7, 11) is 0. The fourth-order valence-corrected chi connectivity index (χ4v) is 2.28. The fraction of sp³-hybridized carbons (Fsp3) is 0.520. The van der Waals surface area contributed by atoms with Crippen molar-refractivity contribution >= 4 is 11.4 Å². The maximum Gasteiger partial charge on any atom is 0.0340 e. The van der Waals surface area contributed by atoms with E-state index in [0.29, 0.717) is 0 Å². The number of benzene rings is 2. The summed E-state index contributed by atoms with van der Waals surface area (Å²) in [6, 6.07) is 20.6. The second kappa shape index (κ2) is 20.4. The lowest BCUT2D eigenvalue weighted by Crippen LogP contribution is -1.99. The number of hydrogen-bond donors (Lipinski definition) is 2. The molecule has 0 bridgehead atoms. The molecule has 2 N–H and O–H groups in total. The van der Waals surface area contributed by atoms with Gasteiger partial charge >= 0.3 is 0 Å². The van der Waals surface area contributed by atoms with E-state index in [1.54, 1.807) is 0 Å². The molecule has 0 radical (unpaired) electrons. The summed E-state index contributed by atoms with van der Waals surface area (Å²) >= 11 is 0. The molecule has 27 heavy (non-hydrogen) atoms. The molecule has 2 aromatic carbocycles. The maximum atomic E-state index is 3.35. The summed E-state index contributed by atoms with van der Waals surface area (Å²) in [6.07, 6.45) is 9.07. The monoisotopic (exact) mass is 370 g/mol. The van der Waals surface area contributed by atoms with E-state index in [0.717, 1.165) is 13.1 Å². The van der Waals surface area contributed by atoms with Crippen molar-refractivity contribution in [2.24, 2.45) is 0 Å². The van der Waals surface area contributed by atoms with Gasteiger partial charge in [-0.2, -0.15) is 0 Å². The van der Waals surface area contributed by atoms with Crippen molar-refractivity contribution in [3.8, 4) is 0 Å². The van der Waals surface area contributed by atoms with Crippen LogP contribution in [0.3, 0.4) is 0 Å². The molecular weight excluding hydrogens is 328 g/mol. The first-order valence-electron chi connectivity index (χ1n) is 10.9. The smallest absolute Gasteiger partial charge is 0.0340 e. The second-order valence-electron chi connectivity index (χ2n) is 6.65. The van der Waals surface area contributed by atoms with Crippen LogP contribution in [0.4, 0.5) is 11.4 Å².